The summed E-state index contributed by atoms with van der Waals surface area (Å²) < 4.78 is 5.68. The first kappa shape index (κ1) is 19.8. The lowest BCUT2D eigenvalue weighted by Gasteiger charge is -2.10. The third-order valence-electron chi connectivity index (χ3n) is 3.72. The topological polar surface area (TPSA) is 109 Å². The molecule has 9 heteroatoms. The molecule has 0 aliphatic heterocycles. The summed E-state index contributed by atoms with van der Waals surface area (Å²) in [5, 5.41) is 13.1. The van der Waals surface area contributed by atoms with Gasteiger partial charge in [0.1, 0.15) is 11.5 Å². The molecule has 0 fully saturated rings. The molecule has 146 valence electrons. The van der Waals surface area contributed by atoms with Crippen molar-refractivity contribution in [2.75, 3.05) is 5.43 Å². The normalized spacial score (nSPS) is 10.5. The van der Waals surface area contributed by atoms with Gasteiger partial charge in [0, 0.05) is 23.8 Å². The van der Waals surface area contributed by atoms with Crippen LogP contribution in [0.5, 0.6) is 0 Å². The van der Waals surface area contributed by atoms with Crippen molar-refractivity contribution >= 4 is 40.7 Å². The largest absolute Gasteiger partial charge is 0.457 e. The molecule has 0 atom stereocenters. The number of nitro benzene ring substituents is 1. The van der Waals surface area contributed by atoms with Gasteiger partial charge in [-0.25, -0.2) is 0 Å². The lowest BCUT2D eigenvalue weighted by Crippen LogP contribution is -2.41. The first-order chi connectivity index (χ1) is 14.0. The standard InChI is InChI=1S/C20H16N4O4S/c25-19(13-11-17-10-12-18(28-17)14-4-2-1-3-5-14)21-20(29)23-22-15-6-8-16(9-7-15)24(26)27/h1-13,22H,(H2,21,23,25,29)/b13-11+. The Morgan fingerprint density at radius 2 is 1.76 bits per heavy atom. The van der Waals surface area contributed by atoms with E-state index >= 15 is 0 Å². The van der Waals surface area contributed by atoms with Gasteiger partial charge < -0.3 is 4.42 Å². The number of anilines is 1. The number of hydrogen-bond acceptors (Lipinski definition) is 6. The van der Waals surface area contributed by atoms with Crippen LogP contribution in [0.2, 0.25) is 0 Å². The van der Waals surface area contributed by atoms with Crippen LogP contribution in [-0.2, 0) is 4.79 Å². The van der Waals surface area contributed by atoms with Crippen LogP contribution in [0.1, 0.15) is 5.76 Å². The quantitative estimate of drug-likeness (QED) is 0.246. The molecule has 0 aliphatic rings. The Hall–Kier alpha value is -3.98. The highest BCUT2D eigenvalue weighted by molar-refractivity contribution is 7.80. The summed E-state index contributed by atoms with van der Waals surface area (Å²) in [6, 6.07) is 18.9. The first-order valence-corrected chi connectivity index (χ1v) is 8.87. The molecule has 0 spiro atoms. The molecule has 1 amide bonds. The fourth-order valence-electron chi connectivity index (χ4n) is 2.34. The Balaban J connectivity index is 1.48. The van der Waals surface area contributed by atoms with Crippen molar-refractivity contribution in [2.24, 2.45) is 0 Å². The van der Waals surface area contributed by atoms with E-state index in [-0.39, 0.29) is 10.8 Å². The molecule has 0 saturated carbocycles. The van der Waals surface area contributed by atoms with E-state index in [0.29, 0.717) is 17.2 Å². The number of furan rings is 1. The van der Waals surface area contributed by atoms with E-state index in [1.165, 1.54) is 36.4 Å². The molecule has 0 bridgehead atoms. The molecule has 3 aromatic rings. The van der Waals surface area contributed by atoms with E-state index in [9.17, 15) is 14.9 Å². The smallest absolute Gasteiger partial charge is 0.269 e. The predicted octanol–water partition coefficient (Wildman–Crippen LogP) is 3.89. The summed E-state index contributed by atoms with van der Waals surface area (Å²) in [4.78, 5) is 22.1. The monoisotopic (exact) mass is 408 g/mol. The van der Waals surface area contributed by atoms with E-state index in [0.717, 1.165) is 5.56 Å². The van der Waals surface area contributed by atoms with Crippen LogP contribution in [0.15, 0.2) is 77.2 Å². The van der Waals surface area contributed by atoms with Crippen molar-refractivity contribution in [2.45, 2.75) is 0 Å². The molecule has 0 aliphatic carbocycles. The van der Waals surface area contributed by atoms with Gasteiger partial charge in [-0.1, -0.05) is 30.3 Å². The predicted molar refractivity (Wildman–Crippen MR) is 114 cm³/mol. The van der Waals surface area contributed by atoms with Gasteiger partial charge in [-0.15, -0.1) is 0 Å². The molecule has 0 radical (unpaired) electrons. The average Bonchev–Trinajstić information content (AvgIpc) is 3.21. The summed E-state index contributed by atoms with van der Waals surface area (Å²) in [6.07, 6.45) is 2.83. The maximum Gasteiger partial charge on any atom is 0.269 e. The highest BCUT2D eigenvalue weighted by atomic mass is 32.1. The number of carbonyl (C=O) groups excluding carboxylic acids is 1. The minimum atomic E-state index is -0.490. The SMILES string of the molecule is O=C(/C=C/c1ccc(-c2ccccc2)o1)NC(=S)NNc1ccc([N+](=O)[O-])cc1. The van der Waals surface area contributed by atoms with Crippen LogP contribution in [-0.4, -0.2) is 15.9 Å². The number of hydrogen-bond donors (Lipinski definition) is 3. The Morgan fingerprint density at radius 3 is 2.45 bits per heavy atom. The van der Waals surface area contributed by atoms with Crippen LogP contribution in [0.25, 0.3) is 17.4 Å². The number of nitrogens with one attached hydrogen (secondary N) is 3. The molecular formula is C20H16N4O4S. The average molecular weight is 408 g/mol. The van der Waals surface area contributed by atoms with Gasteiger partial charge in [0.05, 0.1) is 10.6 Å². The number of amides is 1. The molecule has 2 aromatic carbocycles. The molecule has 8 nitrogen and oxygen atoms in total. The highest BCUT2D eigenvalue weighted by Crippen LogP contribution is 2.22. The number of rotatable bonds is 6. The minimum absolute atomic E-state index is 0.0232. The van der Waals surface area contributed by atoms with Crippen LogP contribution < -0.4 is 16.2 Å². The van der Waals surface area contributed by atoms with E-state index in [2.05, 4.69) is 16.2 Å². The summed E-state index contributed by atoms with van der Waals surface area (Å²) in [5.41, 5.74) is 6.83. The maximum atomic E-state index is 12.0. The van der Waals surface area contributed by atoms with E-state index in [4.69, 9.17) is 16.6 Å². The Morgan fingerprint density at radius 1 is 1.03 bits per heavy atom. The van der Waals surface area contributed by atoms with E-state index < -0.39 is 10.8 Å². The zero-order chi connectivity index (χ0) is 20.6. The summed E-state index contributed by atoms with van der Waals surface area (Å²) in [7, 11) is 0. The third kappa shape index (κ3) is 5.75. The Labute approximate surface area is 171 Å². The van der Waals surface area contributed by atoms with Crippen molar-refractivity contribution in [3.8, 4) is 11.3 Å². The van der Waals surface area contributed by atoms with E-state index in [1.807, 2.05) is 36.4 Å². The molecule has 3 rings (SSSR count). The number of nitrogens with zero attached hydrogens (tertiary/aromatic N) is 1. The summed E-state index contributed by atoms with van der Waals surface area (Å²) >= 11 is 5.02. The van der Waals surface area contributed by atoms with Gasteiger partial charge in [0.25, 0.3) is 5.69 Å². The fraction of sp³-hybridized carbons (Fsp3) is 0. The van der Waals surface area contributed by atoms with Crippen LogP contribution in [0.4, 0.5) is 11.4 Å². The van der Waals surface area contributed by atoms with E-state index in [1.54, 1.807) is 6.07 Å². The third-order valence-corrected chi connectivity index (χ3v) is 3.92. The van der Waals surface area contributed by atoms with Gasteiger partial charge in [-0.05, 0) is 42.6 Å². The number of hydrazine groups is 1. The van der Waals surface area contributed by atoms with Gasteiger partial charge in [0.15, 0.2) is 5.11 Å². The molecule has 3 N–H and O–H groups in total. The molecule has 29 heavy (non-hydrogen) atoms. The van der Waals surface area contributed by atoms with Crippen molar-refractivity contribution in [1.82, 2.24) is 10.7 Å². The first-order valence-electron chi connectivity index (χ1n) is 8.46. The highest BCUT2D eigenvalue weighted by Gasteiger charge is 2.05. The molecule has 0 unspecified atom stereocenters. The van der Waals surface area contributed by atoms with Gasteiger partial charge in [-0.2, -0.15) is 0 Å². The molecular weight excluding hydrogens is 392 g/mol. The summed E-state index contributed by atoms with van der Waals surface area (Å²) in [5.74, 6) is 0.794. The molecule has 1 aromatic heterocycles. The minimum Gasteiger partial charge on any atom is -0.457 e. The zero-order valence-electron chi connectivity index (χ0n) is 15.0. The number of non-ortho nitro benzene ring substituents is 1. The maximum absolute atomic E-state index is 12.0. The van der Waals surface area contributed by atoms with Gasteiger partial charge >= 0.3 is 0 Å². The molecule has 0 saturated heterocycles. The number of thiocarbonyl (C=S) groups is 1. The van der Waals surface area contributed by atoms with Crippen molar-refractivity contribution in [3.63, 3.8) is 0 Å². The summed E-state index contributed by atoms with van der Waals surface area (Å²) in [6.45, 7) is 0. The Bertz CT molecular complexity index is 1050. The second-order valence-electron chi connectivity index (χ2n) is 5.77. The molecule has 1 heterocycles. The van der Waals surface area contributed by atoms with Crippen molar-refractivity contribution in [1.29, 1.82) is 0 Å². The second-order valence-corrected chi connectivity index (χ2v) is 6.18. The number of carbonyl (C=O) groups is 1. The Kier molecular flexibility index (Phi) is 6.33. The van der Waals surface area contributed by atoms with Crippen LogP contribution in [0, 0.1) is 10.1 Å². The second kappa shape index (κ2) is 9.29. The lowest BCUT2D eigenvalue weighted by atomic mass is 10.2. The zero-order valence-corrected chi connectivity index (χ0v) is 15.8. The van der Waals surface area contributed by atoms with Crippen molar-refractivity contribution < 1.29 is 14.1 Å². The van der Waals surface area contributed by atoms with Crippen molar-refractivity contribution in [3.05, 3.63) is 88.7 Å². The van der Waals surface area contributed by atoms with Crippen LogP contribution >= 0.6 is 12.2 Å². The number of benzene rings is 2. The van der Waals surface area contributed by atoms with Gasteiger partial charge in [-0.3, -0.25) is 31.1 Å². The van der Waals surface area contributed by atoms with Gasteiger partial charge in [0.2, 0.25) is 5.91 Å². The van der Waals surface area contributed by atoms with Crippen LogP contribution in [0.3, 0.4) is 0 Å². The number of nitro groups is 1. The fourth-order valence-corrected chi connectivity index (χ4v) is 2.49. The lowest BCUT2D eigenvalue weighted by molar-refractivity contribution is -0.384.